The quantitative estimate of drug-likeness (QED) is 0.481. The van der Waals surface area contributed by atoms with Crippen molar-refractivity contribution in [3.8, 4) is 17.1 Å². The van der Waals surface area contributed by atoms with Crippen LogP contribution in [0.1, 0.15) is 24.2 Å². The van der Waals surface area contributed by atoms with Crippen molar-refractivity contribution in [3.05, 3.63) is 66.0 Å². The summed E-state index contributed by atoms with van der Waals surface area (Å²) in [4.78, 5) is 9.18. The van der Waals surface area contributed by atoms with Gasteiger partial charge in [0.1, 0.15) is 24.7 Å². The van der Waals surface area contributed by atoms with Crippen LogP contribution in [0.5, 0.6) is 5.75 Å². The molecule has 0 radical (unpaired) electrons. The monoisotopic (exact) mass is 455 g/mol. The molecule has 8 heteroatoms. The van der Waals surface area contributed by atoms with Gasteiger partial charge in [-0.15, -0.1) is 0 Å². The summed E-state index contributed by atoms with van der Waals surface area (Å²) in [5.41, 5.74) is 1.82. The summed E-state index contributed by atoms with van der Waals surface area (Å²) in [6.07, 6.45) is -0.369. The normalized spacial score (nSPS) is 15.5. The highest BCUT2D eigenvalue weighted by atomic mass is 19.3. The summed E-state index contributed by atoms with van der Waals surface area (Å²) in [6.45, 7) is 2.35. The molecule has 0 spiro atoms. The van der Waals surface area contributed by atoms with Gasteiger partial charge in [-0.2, -0.15) is 5.10 Å². The van der Waals surface area contributed by atoms with Crippen molar-refractivity contribution in [1.82, 2.24) is 24.6 Å². The molecule has 176 valence electrons. The number of ether oxygens (including phenoxy) is 1. The number of hydrogen-bond acceptors (Lipinski definition) is 5. The van der Waals surface area contributed by atoms with Crippen molar-refractivity contribution >= 4 is 0 Å². The lowest BCUT2D eigenvalue weighted by Crippen LogP contribution is -2.41. The van der Waals surface area contributed by atoms with E-state index in [9.17, 15) is 8.78 Å². The first-order valence-corrected chi connectivity index (χ1v) is 11.4. The van der Waals surface area contributed by atoms with Gasteiger partial charge in [-0.25, -0.2) is 18.4 Å². The van der Waals surface area contributed by atoms with E-state index in [1.165, 1.54) is 4.68 Å². The maximum Gasteiger partial charge on any atom is 0.257 e. The van der Waals surface area contributed by atoms with Crippen LogP contribution in [0.3, 0.4) is 0 Å². The number of benzene rings is 2. The summed E-state index contributed by atoms with van der Waals surface area (Å²) < 4.78 is 33.7. The Bertz CT molecular complexity index is 1020. The molecule has 33 heavy (non-hydrogen) atoms. The van der Waals surface area contributed by atoms with Crippen molar-refractivity contribution < 1.29 is 13.5 Å². The first kappa shape index (κ1) is 23.3. The van der Waals surface area contributed by atoms with Crippen LogP contribution in [-0.4, -0.2) is 64.2 Å². The molecular formula is C25H31F2N5O. The van der Waals surface area contributed by atoms with Gasteiger partial charge in [-0.3, -0.25) is 4.90 Å². The van der Waals surface area contributed by atoms with Gasteiger partial charge in [-0.05, 0) is 44.6 Å². The van der Waals surface area contributed by atoms with Crippen LogP contribution in [0.25, 0.3) is 11.4 Å². The van der Waals surface area contributed by atoms with Gasteiger partial charge in [0.05, 0.1) is 6.54 Å². The molecule has 0 bridgehead atoms. The first-order chi connectivity index (χ1) is 16.0. The zero-order valence-electron chi connectivity index (χ0n) is 19.2. The van der Waals surface area contributed by atoms with E-state index in [1.807, 2.05) is 54.6 Å². The second-order valence-corrected chi connectivity index (χ2v) is 8.70. The van der Waals surface area contributed by atoms with E-state index in [1.54, 1.807) is 0 Å². The predicted molar refractivity (Wildman–Crippen MR) is 124 cm³/mol. The van der Waals surface area contributed by atoms with Gasteiger partial charge in [0, 0.05) is 24.7 Å². The highest BCUT2D eigenvalue weighted by Crippen LogP contribution is 2.24. The molecule has 1 aromatic heterocycles. The minimum absolute atomic E-state index is 0.444. The minimum Gasteiger partial charge on any atom is -0.489 e. The Kier molecular flexibility index (Phi) is 7.67. The third-order valence-electron chi connectivity index (χ3n) is 6.05. The fourth-order valence-electron chi connectivity index (χ4n) is 4.15. The van der Waals surface area contributed by atoms with Crippen LogP contribution in [0.4, 0.5) is 8.78 Å². The lowest BCUT2D eigenvalue weighted by molar-refractivity contribution is 0.113. The Labute approximate surface area is 193 Å². The molecule has 1 saturated heterocycles. The van der Waals surface area contributed by atoms with Crippen molar-refractivity contribution in [2.24, 2.45) is 0 Å². The van der Waals surface area contributed by atoms with Crippen LogP contribution < -0.4 is 4.74 Å². The van der Waals surface area contributed by atoms with Crippen LogP contribution in [0, 0.1) is 0 Å². The second kappa shape index (κ2) is 10.9. The fraction of sp³-hybridized carbons (Fsp3) is 0.440. The van der Waals surface area contributed by atoms with E-state index in [-0.39, 0.29) is 0 Å². The molecule has 1 aliphatic heterocycles. The maximum atomic E-state index is 13.2. The van der Waals surface area contributed by atoms with Crippen LogP contribution in [0.2, 0.25) is 0 Å². The molecule has 6 nitrogen and oxygen atoms in total. The lowest BCUT2D eigenvalue weighted by atomic mass is 10.0. The third kappa shape index (κ3) is 6.36. The molecule has 0 amide bonds. The topological polar surface area (TPSA) is 46.4 Å². The van der Waals surface area contributed by atoms with E-state index < -0.39 is 13.0 Å². The summed E-state index contributed by atoms with van der Waals surface area (Å²) in [6, 6.07) is 18.0. The Hall–Kier alpha value is -2.84. The summed E-state index contributed by atoms with van der Waals surface area (Å²) in [7, 11) is 4.20. The van der Waals surface area contributed by atoms with Gasteiger partial charge in [0.2, 0.25) is 0 Å². The summed E-state index contributed by atoms with van der Waals surface area (Å²) >= 11 is 0. The van der Waals surface area contributed by atoms with Gasteiger partial charge in [-0.1, -0.05) is 42.5 Å². The number of likely N-dealkylation sites (tertiary alicyclic amines) is 1. The molecule has 0 unspecified atom stereocenters. The number of nitrogens with zero attached hydrogens (tertiary/aromatic N) is 5. The van der Waals surface area contributed by atoms with Crippen LogP contribution in [0.15, 0.2) is 54.6 Å². The third-order valence-corrected chi connectivity index (χ3v) is 6.05. The molecule has 1 fully saturated rings. The van der Waals surface area contributed by atoms with E-state index in [2.05, 4.69) is 34.0 Å². The van der Waals surface area contributed by atoms with Gasteiger partial charge in [0.25, 0.3) is 6.43 Å². The molecule has 2 heterocycles. The molecule has 1 aliphatic rings. The number of aromatic nitrogens is 3. The Morgan fingerprint density at radius 2 is 1.82 bits per heavy atom. The lowest BCUT2D eigenvalue weighted by Gasteiger charge is -2.34. The molecule has 0 aliphatic carbocycles. The largest absolute Gasteiger partial charge is 0.489 e. The van der Waals surface area contributed by atoms with Crippen LogP contribution >= 0.6 is 0 Å². The number of rotatable bonds is 9. The van der Waals surface area contributed by atoms with E-state index in [4.69, 9.17) is 4.74 Å². The van der Waals surface area contributed by atoms with Gasteiger partial charge >= 0.3 is 0 Å². The van der Waals surface area contributed by atoms with Crippen molar-refractivity contribution in [1.29, 1.82) is 0 Å². The number of alkyl halides is 2. The molecular weight excluding hydrogens is 424 g/mol. The van der Waals surface area contributed by atoms with E-state index in [0.717, 1.165) is 37.1 Å². The SMILES string of the molecule is CN(C)C1CCN(Cc2nc(-c3cccc(OCc4ccccc4)c3)nn2CC(F)F)CC1. The maximum absolute atomic E-state index is 13.2. The molecule has 4 rings (SSSR count). The second-order valence-electron chi connectivity index (χ2n) is 8.70. The standard InChI is InChI=1S/C25H31F2N5O/c1-30(2)21-11-13-31(14-12-21)17-24-28-25(29-32(24)16-23(26)27)20-9-6-10-22(15-20)33-18-19-7-4-3-5-8-19/h3-10,15,21,23H,11-14,16-18H2,1-2H3. The molecule has 0 saturated carbocycles. The molecule has 3 aromatic rings. The molecule has 0 atom stereocenters. The highest BCUT2D eigenvalue weighted by molar-refractivity contribution is 5.57. The predicted octanol–water partition coefficient (Wildman–Crippen LogP) is 4.32. The van der Waals surface area contributed by atoms with Crippen molar-refractivity contribution in [3.63, 3.8) is 0 Å². The zero-order chi connectivity index (χ0) is 23.2. The average Bonchev–Trinajstić information content (AvgIpc) is 3.20. The average molecular weight is 456 g/mol. The van der Waals surface area contributed by atoms with Gasteiger partial charge < -0.3 is 9.64 Å². The zero-order valence-corrected chi connectivity index (χ0v) is 19.2. The molecule has 2 aromatic carbocycles. The van der Waals surface area contributed by atoms with E-state index in [0.29, 0.717) is 36.6 Å². The van der Waals surface area contributed by atoms with Crippen molar-refractivity contribution in [2.45, 2.75) is 45.0 Å². The number of hydrogen-bond donors (Lipinski definition) is 0. The number of halogens is 2. The van der Waals surface area contributed by atoms with Crippen LogP contribution in [-0.2, 0) is 19.7 Å². The van der Waals surface area contributed by atoms with Gasteiger partial charge in [0.15, 0.2) is 5.82 Å². The Morgan fingerprint density at radius 3 is 2.52 bits per heavy atom. The Balaban J connectivity index is 1.48. The highest BCUT2D eigenvalue weighted by Gasteiger charge is 2.23. The summed E-state index contributed by atoms with van der Waals surface area (Å²) in [5.74, 6) is 1.71. The van der Waals surface area contributed by atoms with E-state index >= 15 is 0 Å². The fourth-order valence-corrected chi connectivity index (χ4v) is 4.15. The Morgan fingerprint density at radius 1 is 1.06 bits per heavy atom. The summed E-state index contributed by atoms with van der Waals surface area (Å²) in [5, 5.41) is 4.42. The minimum atomic E-state index is -2.49. The smallest absolute Gasteiger partial charge is 0.257 e. The van der Waals surface area contributed by atoms with Crippen molar-refractivity contribution in [2.75, 3.05) is 27.2 Å². The molecule has 0 N–H and O–H groups in total. The number of piperidine rings is 1. The first-order valence-electron chi connectivity index (χ1n) is 11.4.